The molecule has 92 valence electrons. The van der Waals surface area contributed by atoms with Gasteiger partial charge >= 0.3 is 0 Å². The minimum atomic E-state index is -0.144. The number of morpholine rings is 1. The maximum absolute atomic E-state index is 12.0. The fourth-order valence-electron chi connectivity index (χ4n) is 2.17. The topological polar surface area (TPSA) is 29.5 Å². The van der Waals surface area contributed by atoms with E-state index in [0.717, 1.165) is 18.7 Å². The van der Waals surface area contributed by atoms with E-state index < -0.39 is 0 Å². The maximum atomic E-state index is 12.0. The van der Waals surface area contributed by atoms with Gasteiger partial charge in [0.1, 0.15) is 0 Å². The fourth-order valence-corrected chi connectivity index (χ4v) is 2.17. The molecule has 2 rings (SSSR count). The van der Waals surface area contributed by atoms with Crippen molar-refractivity contribution >= 4 is 5.78 Å². The number of ketones is 1. The van der Waals surface area contributed by atoms with Gasteiger partial charge in [0, 0.05) is 18.7 Å². The summed E-state index contributed by atoms with van der Waals surface area (Å²) in [5.74, 6) is 0.184. The van der Waals surface area contributed by atoms with E-state index >= 15 is 0 Å². The summed E-state index contributed by atoms with van der Waals surface area (Å²) in [6.07, 6.45) is 0. The second-order valence-electron chi connectivity index (χ2n) is 5.11. The van der Waals surface area contributed by atoms with Gasteiger partial charge in [-0.05, 0) is 13.8 Å². The molecule has 0 amide bonds. The Kier molecular flexibility index (Phi) is 3.60. The van der Waals surface area contributed by atoms with E-state index in [9.17, 15) is 4.79 Å². The molecule has 1 saturated heterocycles. The van der Waals surface area contributed by atoms with Crippen LogP contribution < -0.4 is 0 Å². The van der Waals surface area contributed by atoms with Crippen LogP contribution in [0.5, 0.6) is 0 Å². The largest absolute Gasteiger partial charge is 0.373 e. The Hall–Kier alpha value is -1.19. The molecule has 1 aliphatic heterocycles. The van der Waals surface area contributed by atoms with Gasteiger partial charge in [-0.2, -0.15) is 0 Å². The van der Waals surface area contributed by atoms with Crippen LogP contribution in [0.25, 0.3) is 0 Å². The molecule has 0 saturated carbocycles. The van der Waals surface area contributed by atoms with Crippen LogP contribution in [0.2, 0.25) is 0 Å². The van der Waals surface area contributed by atoms with Gasteiger partial charge in [-0.3, -0.25) is 9.69 Å². The van der Waals surface area contributed by atoms with Crippen LogP contribution in [0.15, 0.2) is 30.3 Å². The Morgan fingerprint density at radius 2 is 2.06 bits per heavy atom. The van der Waals surface area contributed by atoms with Crippen molar-refractivity contribution in [3.63, 3.8) is 0 Å². The number of benzene rings is 1. The number of carbonyl (C=O) groups is 1. The first-order valence-electron chi connectivity index (χ1n) is 6.01. The molecule has 3 nitrogen and oxygen atoms in total. The molecule has 0 spiro atoms. The van der Waals surface area contributed by atoms with Gasteiger partial charge in [0.15, 0.2) is 5.78 Å². The molecular formula is C14H19NO2. The molecule has 0 aromatic heterocycles. The van der Waals surface area contributed by atoms with E-state index in [4.69, 9.17) is 4.74 Å². The molecule has 0 bridgehead atoms. The quantitative estimate of drug-likeness (QED) is 0.748. The lowest BCUT2D eigenvalue weighted by atomic mass is 10.1. The molecule has 1 aliphatic rings. The highest BCUT2D eigenvalue weighted by molar-refractivity contribution is 5.97. The van der Waals surface area contributed by atoms with E-state index in [1.807, 2.05) is 30.3 Å². The fraction of sp³-hybridized carbons (Fsp3) is 0.500. The minimum absolute atomic E-state index is 0.144. The molecule has 17 heavy (non-hydrogen) atoms. The zero-order valence-corrected chi connectivity index (χ0v) is 10.5. The van der Waals surface area contributed by atoms with E-state index in [2.05, 4.69) is 18.7 Å². The Bertz CT molecular complexity index is 386. The Labute approximate surface area is 102 Å². The molecule has 0 unspecified atom stereocenters. The summed E-state index contributed by atoms with van der Waals surface area (Å²) in [4.78, 5) is 14.2. The molecule has 3 heteroatoms. The Morgan fingerprint density at radius 1 is 1.35 bits per heavy atom. The van der Waals surface area contributed by atoms with E-state index in [1.54, 1.807) is 0 Å². The van der Waals surface area contributed by atoms with Crippen molar-refractivity contribution in [1.29, 1.82) is 0 Å². The predicted molar refractivity (Wildman–Crippen MR) is 67.2 cm³/mol. The molecule has 1 aromatic carbocycles. The highest BCUT2D eigenvalue weighted by Crippen LogP contribution is 2.16. The summed E-state index contributed by atoms with van der Waals surface area (Å²) in [6, 6.07) is 9.46. The minimum Gasteiger partial charge on any atom is -0.373 e. The van der Waals surface area contributed by atoms with Crippen LogP contribution in [0, 0.1) is 0 Å². The van der Waals surface area contributed by atoms with Gasteiger partial charge in [-0.25, -0.2) is 0 Å². The number of ether oxygens (including phenoxy) is 1. The van der Waals surface area contributed by atoms with Crippen LogP contribution in [0.3, 0.4) is 0 Å². The molecule has 0 N–H and O–H groups in total. The van der Waals surface area contributed by atoms with Gasteiger partial charge in [0.25, 0.3) is 0 Å². The summed E-state index contributed by atoms with van der Waals surface area (Å²) in [5, 5.41) is 0. The highest BCUT2D eigenvalue weighted by Gasteiger charge is 2.28. The predicted octanol–water partition coefficient (Wildman–Crippen LogP) is 1.98. The lowest BCUT2D eigenvalue weighted by Gasteiger charge is -2.37. The second kappa shape index (κ2) is 4.98. The molecule has 1 aromatic rings. The van der Waals surface area contributed by atoms with Gasteiger partial charge in [0.05, 0.1) is 18.8 Å². The number of carbonyl (C=O) groups excluding carboxylic acids is 1. The third-order valence-corrected chi connectivity index (χ3v) is 2.97. The van der Waals surface area contributed by atoms with Crippen molar-refractivity contribution in [2.45, 2.75) is 19.4 Å². The normalized spacial score (nSPS) is 20.1. The third kappa shape index (κ3) is 3.38. The molecule has 1 heterocycles. The monoisotopic (exact) mass is 233 g/mol. The van der Waals surface area contributed by atoms with Crippen LogP contribution in [0.1, 0.15) is 24.2 Å². The van der Waals surface area contributed by atoms with E-state index in [-0.39, 0.29) is 11.4 Å². The van der Waals surface area contributed by atoms with Crippen molar-refractivity contribution in [3.8, 4) is 0 Å². The van der Waals surface area contributed by atoms with Crippen molar-refractivity contribution in [3.05, 3.63) is 35.9 Å². The molecule has 0 aliphatic carbocycles. The van der Waals surface area contributed by atoms with Crippen molar-refractivity contribution in [1.82, 2.24) is 4.90 Å². The maximum Gasteiger partial charge on any atom is 0.176 e. The average Bonchev–Trinajstić information content (AvgIpc) is 2.29. The smallest absolute Gasteiger partial charge is 0.176 e. The molecule has 1 fully saturated rings. The van der Waals surface area contributed by atoms with Gasteiger partial charge in [-0.15, -0.1) is 0 Å². The van der Waals surface area contributed by atoms with Gasteiger partial charge < -0.3 is 4.74 Å². The first kappa shape index (κ1) is 12.3. The van der Waals surface area contributed by atoms with Crippen LogP contribution >= 0.6 is 0 Å². The van der Waals surface area contributed by atoms with Crippen LogP contribution in [-0.4, -0.2) is 42.5 Å². The Morgan fingerprint density at radius 3 is 2.71 bits per heavy atom. The van der Waals surface area contributed by atoms with Crippen molar-refractivity contribution in [2.24, 2.45) is 0 Å². The first-order valence-corrected chi connectivity index (χ1v) is 6.01. The SMILES string of the molecule is CC1(C)CN(CC(=O)c2ccccc2)CCO1. The van der Waals surface area contributed by atoms with Crippen molar-refractivity contribution < 1.29 is 9.53 Å². The lowest BCUT2D eigenvalue weighted by Crippen LogP contribution is -2.49. The third-order valence-electron chi connectivity index (χ3n) is 2.97. The highest BCUT2D eigenvalue weighted by atomic mass is 16.5. The summed E-state index contributed by atoms with van der Waals surface area (Å²) in [6.45, 7) is 6.96. The Balaban J connectivity index is 1.95. The standard InChI is InChI=1S/C14H19NO2/c1-14(2)11-15(8-9-17-14)10-13(16)12-6-4-3-5-7-12/h3-7H,8-11H2,1-2H3. The van der Waals surface area contributed by atoms with Crippen molar-refractivity contribution in [2.75, 3.05) is 26.2 Å². The summed E-state index contributed by atoms with van der Waals surface area (Å²) in [7, 11) is 0. The molecule has 0 atom stereocenters. The summed E-state index contributed by atoms with van der Waals surface area (Å²) in [5.41, 5.74) is 0.645. The number of rotatable bonds is 3. The number of hydrogen-bond donors (Lipinski definition) is 0. The number of hydrogen-bond acceptors (Lipinski definition) is 3. The lowest BCUT2D eigenvalue weighted by molar-refractivity contribution is -0.0833. The second-order valence-corrected chi connectivity index (χ2v) is 5.11. The van der Waals surface area contributed by atoms with Crippen LogP contribution in [0.4, 0.5) is 0 Å². The molecule has 0 radical (unpaired) electrons. The van der Waals surface area contributed by atoms with Gasteiger partial charge in [0.2, 0.25) is 0 Å². The zero-order valence-electron chi connectivity index (χ0n) is 10.5. The number of Topliss-reactive ketones (excluding diaryl/α,β-unsaturated/α-hetero) is 1. The first-order chi connectivity index (χ1) is 8.07. The summed E-state index contributed by atoms with van der Waals surface area (Å²) < 4.78 is 5.63. The average molecular weight is 233 g/mol. The summed E-state index contributed by atoms with van der Waals surface area (Å²) >= 11 is 0. The van der Waals surface area contributed by atoms with Crippen LogP contribution in [-0.2, 0) is 4.74 Å². The van der Waals surface area contributed by atoms with E-state index in [1.165, 1.54) is 0 Å². The molecular weight excluding hydrogens is 214 g/mol. The zero-order chi connectivity index (χ0) is 12.3. The number of nitrogens with zero attached hydrogens (tertiary/aromatic N) is 1. The van der Waals surface area contributed by atoms with Gasteiger partial charge in [-0.1, -0.05) is 30.3 Å². The van der Waals surface area contributed by atoms with E-state index in [0.29, 0.717) is 13.2 Å².